The van der Waals surface area contributed by atoms with Crippen LogP contribution in [0.25, 0.3) is 32.3 Å². The smallest absolute Gasteiger partial charge is 0.0771 e. The molecule has 5 rings (SSSR count). The zero-order chi connectivity index (χ0) is 25.7. The molecule has 0 unspecified atom stereocenters. The van der Waals surface area contributed by atoms with Crippen molar-refractivity contribution in [1.29, 1.82) is 0 Å². The Labute approximate surface area is 231 Å². The van der Waals surface area contributed by atoms with Crippen LogP contribution in [-0.2, 0) is 25.3 Å². The molecule has 0 aliphatic rings. The molecule has 0 saturated carbocycles. The van der Waals surface area contributed by atoms with Gasteiger partial charge in [-0.1, -0.05) is 55.6 Å². The Kier molecular flexibility index (Phi) is 13.6. The Morgan fingerprint density at radius 2 is 1.23 bits per heavy atom. The van der Waals surface area contributed by atoms with Crippen molar-refractivity contribution in [1.82, 2.24) is 0 Å². The van der Waals surface area contributed by atoms with Crippen molar-refractivity contribution >= 4 is 67.2 Å². The van der Waals surface area contributed by atoms with E-state index in [0.717, 1.165) is 15.3 Å². The van der Waals surface area contributed by atoms with Crippen LogP contribution in [0.5, 0.6) is 5.75 Å². The molecule has 0 saturated heterocycles. The van der Waals surface area contributed by atoms with Gasteiger partial charge < -0.3 is 9.16 Å². The zero-order valence-corrected chi connectivity index (χ0v) is 26.9. The molecule has 0 bridgehead atoms. The van der Waals surface area contributed by atoms with Crippen LogP contribution >= 0.6 is 17.0 Å². The minimum Gasteiger partial charge on any atom is -0.126 e. The Morgan fingerprint density at radius 1 is 0.771 bits per heavy atom. The number of hydrogen-bond acceptors (Lipinski definition) is 2. The fourth-order valence-electron chi connectivity index (χ4n) is 3.38. The molecule has 0 spiro atoms. The summed E-state index contributed by atoms with van der Waals surface area (Å²) in [6, 6.07) is 31.6. The van der Waals surface area contributed by atoms with Crippen LogP contribution in [0.1, 0.15) is 0 Å². The second-order valence-electron chi connectivity index (χ2n) is 8.73. The Balaban J connectivity index is 0.000000204. The van der Waals surface area contributed by atoms with Crippen LogP contribution in [0.15, 0.2) is 91.0 Å². The van der Waals surface area contributed by atoms with Crippen molar-refractivity contribution in [2.45, 2.75) is 32.7 Å². The molecule has 0 aromatic heterocycles. The second-order valence-corrected chi connectivity index (χ2v) is 18.0. The first kappa shape index (κ1) is 30.0. The van der Waals surface area contributed by atoms with Gasteiger partial charge in [-0.15, -0.1) is 80.8 Å². The van der Waals surface area contributed by atoms with E-state index in [1.165, 1.54) is 32.3 Å². The van der Waals surface area contributed by atoms with E-state index in [9.17, 15) is 0 Å². The summed E-state index contributed by atoms with van der Waals surface area (Å²) < 4.78 is 11.2. The number of hydrogen-bond donors (Lipinski definition) is 0. The van der Waals surface area contributed by atoms with Gasteiger partial charge in [-0.3, -0.25) is 0 Å². The molecule has 2 radical (unpaired) electrons. The van der Waals surface area contributed by atoms with Crippen LogP contribution in [0.2, 0.25) is 32.7 Å². The third-order valence-electron chi connectivity index (χ3n) is 4.83. The molecule has 0 heterocycles. The second kappa shape index (κ2) is 15.8. The van der Waals surface area contributed by atoms with Crippen molar-refractivity contribution in [3.05, 3.63) is 91.0 Å². The maximum atomic E-state index is 5.65. The number of ether oxygens (including phenoxy) is 1. The summed E-state index contributed by atoms with van der Waals surface area (Å²) in [5, 5.41) is 7.82. The molecule has 0 N–H and O–H groups in total. The van der Waals surface area contributed by atoms with Crippen LogP contribution in [-0.4, -0.2) is 24.6 Å². The van der Waals surface area contributed by atoms with Crippen molar-refractivity contribution in [2.24, 2.45) is 0 Å². The predicted octanol–water partition coefficient (Wildman–Crippen LogP) is 9.62. The monoisotopic (exact) mass is 616 g/mol. The van der Waals surface area contributed by atoms with Crippen LogP contribution in [0, 0.1) is 0 Å². The van der Waals surface area contributed by atoms with E-state index >= 15 is 0 Å². The zero-order valence-electron chi connectivity index (χ0n) is 20.9. The molecule has 2 nitrogen and oxygen atoms in total. The van der Waals surface area contributed by atoms with Crippen molar-refractivity contribution in [2.75, 3.05) is 6.79 Å². The minimum atomic E-state index is -1.48. The summed E-state index contributed by atoms with van der Waals surface area (Å²) in [6.07, 6.45) is 0. The average Bonchev–Trinajstić information content (AvgIpc) is 3.40. The van der Waals surface area contributed by atoms with Crippen LogP contribution in [0.3, 0.4) is 0 Å². The maximum absolute atomic E-state index is 5.65. The molecule has 0 aliphatic carbocycles. The molecule has 182 valence electrons. The third-order valence-corrected chi connectivity index (χ3v) is 5.82. The maximum Gasteiger partial charge on any atom is -0.0771 e. The molecule has 0 aliphatic heterocycles. The van der Waals surface area contributed by atoms with E-state index in [-0.39, 0.29) is 0 Å². The van der Waals surface area contributed by atoms with Gasteiger partial charge in [0.2, 0.25) is 0 Å². The fraction of sp³-hybridized carbons (Fsp3) is 0.214. The van der Waals surface area contributed by atoms with Gasteiger partial charge in [-0.05, 0) is 19.6 Å². The Morgan fingerprint density at radius 3 is 1.71 bits per heavy atom. The van der Waals surface area contributed by atoms with Crippen LogP contribution < -0.4 is 4.74 Å². The first-order valence-electron chi connectivity index (χ1n) is 11.3. The molecular formula is C28H32Cl2O2Si2Zr. The van der Waals surface area contributed by atoms with Gasteiger partial charge in [-0.25, -0.2) is 0 Å². The molecule has 5 aromatic rings. The molecule has 0 amide bonds. The molecule has 35 heavy (non-hydrogen) atoms. The number of fused-ring (bicyclic) bond motifs is 4. The topological polar surface area (TPSA) is 18.5 Å². The summed E-state index contributed by atoms with van der Waals surface area (Å²) in [6.45, 7) is 11.1. The SMILES string of the molecule is C[Si](C)(C)OCOc1cc2ccccc2[cH-]1.C[Si]C.[Cl][Zr+2][Cl].c1ccc2c(c1)[cH-]c1ccccc12. The van der Waals surface area contributed by atoms with Gasteiger partial charge in [0.25, 0.3) is 0 Å². The summed E-state index contributed by atoms with van der Waals surface area (Å²) in [5.41, 5.74) is 0. The van der Waals surface area contributed by atoms with Gasteiger partial charge in [0.15, 0.2) is 15.1 Å². The van der Waals surface area contributed by atoms with Gasteiger partial charge >= 0.3 is 37.9 Å². The van der Waals surface area contributed by atoms with E-state index in [1.54, 1.807) is 0 Å². The number of rotatable bonds is 4. The average molecular weight is 619 g/mol. The van der Waals surface area contributed by atoms with E-state index in [2.05, 4.69) is 99.5 Å². The van der Waals surface area contributed by atoms with Crippen molar-refractivity contribution in [3.8, 4) is 5.75 Å². The van der Waals surface area contributed by atoms with Crippen LogP contribution in [0.4, 0.5) is 0 Å². The van der Waals surface area contributed by atoms with Crippen molar-refractivity contribution < 1.29 is 30.0 Å². The molecule has 0 fully saturated rings. The van der Waals surface area contributed by atoms with E-state index in [0.29, 0.717) is 6.79 Å². The van der Waals surface area contributed by atoms with Crippen molar-refractivity contribution in [3.63, 3.8) is 0 Å². The summed E-state index contributed by atoms with van der Waals surface area (Å²) >= 11 is -0.826. The first-order chi connectivity index (χ1) is 16.8. The van der Waals surface area contributed by atoms with E-state index in [1.807, 2.05) is 24.3 Å². The molecule has 0 atom stereocenters. The largest absolute Gasteiger partial charge is 0.126 e. The fourth-order valence-corrected chi connectivity index (χ4v) is 3.80. The van der Waals surface area contributed by atoms with E-state index in [4.69, 9.17) is 26.2 Å². The third kappa shape index (κ3) is 10.4. The quantitative estimate of drug-likeness (QED) is 0.113. The minimum absolute atomic E-state index is 0.353. The first-order valence-corrected chi connectivity index (χ1v) is 23.1. The number of halogens is 2. The molecule has 7 heteroatoms. The molecular weight excluding hydrogens is 587 g/mol. The van der Waals surface area contributed by atoms with Gasteiger partial charge in [-0.2, -0.15) is 0 Å². The van der Waals surface area contributed by atoms with Gasteiger partial charge in [0, 0.05) is 15.3 Å². The van der Waals surface area contributed by atoms with Gasteiger partial charge in [0.1, 0.15) is 0 Å². The normalized spacial score (nSPS) is 10.4. The molecule has 5 aromatic carbocycles. The standard InChI is InChI=1S/C13H17O2Si.C13H9.C2H6Si.2ClH.Zr/c1-16(2,3)15-10-14-13-8-11-6-4-5-7-12(11)9-13;1-3-7-12-10(5-1)9-11-6-2-4-8-13(11)12;1-3-2;;;/h4-9H,10H2,1-3H3;1-9H;1-2H3;2*1H;/q2*-1;;;;+4/p-2. The Hall–Kier alpha value is -1.20. The summed E-state index contributed by atoms with van der Waals surface area (Å²) in [5.74, 6) is 0.888. The predicted molar refractivity (Wildman–Crippen MR) is 156 cm³/mol. The summed E-state index contributed by atoms with van der Waals surface area (Å²) in [7, 11) is 9.48. The Bertz CT molecular complexity index is 1190. The van der Waals surface area contributed by atoms with E-state index < -0.39 is 29.2 Å². The summed E-state index contributed by atoms with van der Waals surface area (Å²) in [4.78, 5) is 0. The number of benzene rings is 3. The van der Waals surface area contributed by atoms with Gasteiger partial charge in [0.05, 0.1) is 0 Å².